The summed E-state index contributed by atoms with van der Waals surface area (Å²) in [5, 5.41) is 21.8. The van der Waals surface area contributed by atoms with Crippen LogP contribution in [0.5, 0.6) is 11.5 Å². The third-order valence-electron chi connectivity index (χ3n) is 4.69. The fourth-order valence-corrected chi connectivity index (χ4v) is 3.93. The van der Waals surface area contributed by atoms with Gasteiger partial charge in [0.2, 0.25) is 0 Å². The van der Waals surface area contributed by atoms with Crippen LogP contribution in [0.2, 0.25) is 5.02 Å². The molecule has 0 unspecified atom stereocenters. The summed E-state index contributed by atoms with van der Waals surface area (Å²) in [7, 11) is 0. The summed E-state index contributed by atoms with van der Waals surface area (Å²) in [4.78, 5) is 23.6. The molecule has 3 aromatic carbocycles. The van der Waals surface area contributed by atoms with Crippen molar-refractivity contribution in [3.05, 3.63) is 91.5 Å². The predicted molar refractivity (Wildman–Crippen MR) is 142 cm³/mol. The van der Waals surface area contributed by atoms with Gasteiger partial charge in [0.05, 0.1) is 15.7 Å². The van der Waals surface area contributed by atoms with Gasteiger partial charge in [-0.1, -0.05) is 23.7 Å². The summed E-state index contributed by atoms with van der Waals surface area (Å²) in [6.45, 7) is 2.43. The van der Waals surface area contributed by atoms with Crippen molar-refractivity contribution >= 4 is 57.8 Å². The summed E-state index contributed by atoms with van der Waals surface area (Å²) >= 11 is 7.97. The number of carbonyl (C=O) groups is 2. The van der Waals surface area contributed by atoms with Crippen LogP contribution in [0, 0.1) is 14.9 Å². The highest BCUT2D eigenvalue weighted by Crippen LogP contribution is 2.35. The summed E-state index contributed by atoms with van der Waals surface area (Å²) in [5.41, 5.74) is 2.03. The Morgan fingerprint density at radius 1 is 1.11 bits per heavy atom. The maximum atomic E-state index is 12.6. The van der Waals surface area contributed by atoms with Crippen LogP contribution in [0.1, 0.15) is 28.4 Å². The lowest BCUT2D eigenvalue weighted by Crippen LogP contribution is -2.13. The topological polar surface area (TPSA) is 109 Å². The van der Waals surface area contributed by atoms with Crippen molar-refractivity contribution in [3.8, 4) is 17.6 Å². The molecule has 0 aromatic heterocycles. The van der Waals surface area contributed by atoms with Crippen LogP contribution in [0.4, 0.5) is 5.69 Å². The second-order valence-corrected chi connectivity index (χ2v) is 8.78. The summed E-state index contributed by atoms with van der Waals surface area (Å²) in [6.07, 6.45) is 1.48. The summed E-state index contributed by atoms with van der Waals surface area (Å²) < 4.78 is 12.4. The van der Waals surface area contributed by atoms with Crippen molar-refractivity contribution in [2.24, 2.45) is 0 Å². The molecule has 35 heavy (non-hydrogen) atoms. The molecule has 2 N–H and O–H groups in total. The van der Waals surface area contributed by atoms with E-state index < -0.39 is 11.9 Å². The minimum atomic E-state index is -0.993. The molecule has 0 radical (unpaired) electrons. The van der Waals surface area contributed by atoms with Crippen LogP contribution in [0.25, 0.3) is 6.08 Å². The number of amides is 1. The molecule has 0 spiro atoms. The van der Waals surface area contributed by atoms with Gasteiger partial charge in [0, 0.05) is 10.7 Å². The normalized spacial score (nSPS) is 10.9. The zero-order valence-electron chi connectivity index (χ0n) is 18.5. The number of nitrogens with zero attached hydrogens (tertiary/aromatic N) is 1. The van der Waals surface area contributed by atoms with E-state index in [4.69, 9.17) is 26.2 Å². The highest BCUT2D eigenvalue weighted by molar-refractivity contribution is 14.1. The summed E-state index contributed by atoms with van der Waals surface area (Å²) in [6, 6.07) is 18.4. The Bertz CT molecular complexity index is 1300. The zero-order valence-corrected chi connectivity index (χ0v) is 21.5. The van der Waals surface area contributed by atoms with Gasteiger partial charge >= 0.3 is 5.97 Å². The molecule has 0 bridgehead atoms. The first-order valence-corrected chi connectivity index (χ1v) is 11.9. The Labute approximate surface area is 221 Å². The molecule has 0 aliphatic rings. The highest BCUT2D eigenvalue weighted by atomic mass is 127. The molecule has 0 aliphatic heterocycles. The van der Waals surface area contributed by atoms with Crippen LogP contribution in [-0.4, -0.2) is 23.6 Å². The molecule has 3 aromatic rings. The van der Waals surface area contributed by atoms with Crippen molar-refractivity contribution < 1.29 is 24.2 Å². The van der Waals surface area contributed by atoms with Crippen molar-refractivity contribution in [1.82, 2.24) is 0 Å². The van der Waals surface area contributed by atoms with Gasteiger partial charge < -0.3 is 19.9 Å². The molecule has 0 aliphatic carbocycles. The van der Waals surface area contributed by atoms with Gasteiger partial charge in [-0.3, -0.25) is 4.79 Å². The number of nitrogens with one attached hydrogen (secondary N) is 1. The molecule has 0 saturated carbocycles. The smallest absolute Gasteiger partial charge is 0.335 e. The molecule has 0 saturated heterocycles. The van der Waals surface area contributed by atoms with Gasteiger partial charge in [-0.2, -0.15) is 5.26 Å². The SMILES string of the molecule is CCOc1cc(/C=C(\C#N)C(=O)Nc2ccc(Cl)cc2)cc(I)c1OCc1ccc(C(=O)O)cc1. The van der Waals surface area contributed by atoms with Gasteiger partial charge in [0.25, 0.3) is 5.91 Å². The second-order valence-electron chi connectivity index (χ2n) is 7.18. The number of anilines is 1. The molecule has 1 amide bonds. The fraction of sp³-hybridized carbons (Fsp3) is 0.115. The first-order chi connectivity index (χ1) is 16.8. The lowest BCUT2D eigenvalue weighted by atomic mass is 10.1. The number of hydrogen-bond donors (Lipinski definition) is 2. The van der Waals surface area contributed by atoms with Crippen LogP contribution in [0.3, 0.4) is 0 Å². The maximum Gasteiger partial charge on any atom is 0.335 e. The van der Waals surface area contributed by atoms with E-state index >= 15 is 0 Å². The molecule has 0 atom stereocenters. The minimum absolute atomic E-state index is 0.0783. The average Bonchev–Trinajstić information content (AvgIpc) is 2.83. The van der Waals surface area contributed by atoms with E-state index in [0.29, 0.717) is 34.4 Å². The highest BCUT2D eigenvalue weighted by Gasteiger charge is 2.15. The van der Waals surface area contributed by atoms with Gasteiger partial charge in [-0.05, 0) is 95.2 Å². The van der Waals surface area contributed by atoms with Crippen molar-refractivity contribution in [1.29, 1.82) is 5.26 Å². The number of aromatic carboxylic acids is 1. The van der Waals surface area contributed by atoms with Gasteiger partial charge in [0.15, 0.2) is 11.5 Å². The molecule has 9 heteroatoms. The largest absolute Gasteiger partial charge is 0.490 e. The monoisotopic (exact) mass is 602 g/mol. The van der Waals surface area contributed by atoms with Gasteiger partial charge in [-0.15, -0.1) is 0 Å². The van der Waals surface area contributed by atoms with E-state index in [9.17, 15) is 14.9 Å². The number of benzene rings is 3. The number of rotatable bonds is 9. The first kappa shape index (κ1) is 26.1. The third kappa shape index (κ3) is 7.21. The van der Waals surface area contributed by atoms with E-state index in [-0.39, 0.29) is 17.7 Å². The van der Waals surface area contributed by atoms with E-state index in [1.807, 2.05) is 13.0 Å². The quantitative estimate of drug-likeness (QED) is 0.172. The molecule has 0 heterocycles. The maximum absolute atomic E-state index is 12.6. The molecule has 3 rings (SSSR count). The third-order valence-corrected chi connectivity index (χ3v) is 5.75. The van der Waals surface area contributed by atoms with Gasteiger partial charge in [-0.25, -0.2) is 4.79 Å². The molecule has 178 valence electrons. The van der Waals surface area contributed by atoms with Crippen LogP contribution >= 0.6 is 34.2 Å². The number of nitriles is 1. The Balaban J connectivity index is 1.81. The second kappa shape index (κ2) is 12.2. The number of carboxylic acid groups (broad SMARTS) is 1. The number of ether oxygens (including phenoxy) is 2. The molecular formula is C26H20ClIN2O5. The first-order valence-electron chi connectivity index (χ1n) is 10.4. The van der Waals surface area contributed by atoms with Crippen LogP contribution < -0.4 is 14.8 Å². The lowest BCUT2D eigenvalue weighted by Gasteiger charge is -2.15. The van der Waals surface area contributed by atoms with Crippen molar-refractivity contribution in [3.63, 3.8) is 0 Å². The number of halogens is 2. The van der Waals surface area contributed by atoms with Crippen LogP contribution in [-0.2, 0) is 11.4 Å². The minimum Gasteiger partial charge on any atom is -0.490 e. The van der Waals surface area contributed by atoms with Crippen molar-refractivity contribution in [2.45, 2.75) is 13.5 Å². The standard InChI is InChI=1S/C26H20ClIN2O5/c1-2-34-23-13-17(11-19(14-29)25(31)30-21-9-7-20(27)8-10-21)12-22(28)24(23)35-15-16-3-5-18(6-4-16)26(32)33/h3-13H,2,15H2,1H3,(H,30,31)(H,32,33)/b19-11+. The lowest BCUT2D eigenvalue weighted by molar-refractivity contribution is -0.112. The number of hydrogen-bond acceptors (Lipinski definition) is 5. The Kier molecular flexibility index (Phi) is 9.11. The van der Waals surface area contributed by atoms with Crippen molar-refractivity contribution in [2.75, 3.05) is 11.9 Å². The van der Waals surface area contributed by atoms with E-state index in [1.165, 1.54) is 18.2 Å². The fourth-order valence-electron chi connectivity index (χ4n) is 3.02. The Hall–Kier alpha value is -3.55. The predicted octanol–water partition coefficient (Wildman–Crippen LogP) is 6.17. The molecule has 7 nitrogen and oxygen atoms in total. The zero-order chi connectivity index (χ0) is 25.4. The summed E-state index contributed by atoms with van der Waals surface area (Å²) in [5.74, 6) is -0.569. The molecular weight excluding hydrogens is 583 g/mol. The molecule has 0 fully saturated rings. The number of carbonyl (C=O) groups excluding carboxylic acids is 1. The van der Waals surface area contributed by atoms with Crippen LogP contribution in [0.15, 0.2) is 66.2 Å². The number of carboxylic acids is 1. The Morgan fingerprint density at radius 2 is 1.80 bits per heavy atom. The van der Waals surface area contributed by atoms with E-state index in [2.05, 4.69) is 27.9 Å². The Morgan fingerprint density at radius 3 is 2.40 bits per heavy atom. The van der Waals surface area contributed by atoms with Gasteiger partial charge in [0.1, 0.15) is 18.2 Å². The average molecular weight is 603 g/mol. The van der Waals surface area contributed by atoms with E-state index in [0.717, 1.165) is 9.13 Å². The van der Waals surface area contributed by atoms with E-state index in [1.54, 1.807) is 48.5 Å².